The second-order valence-electron chi connectivity index (χ2n) is 5.20. The van der Waals surface area contributed by atoms with Crippen LogP contribution in [0.3, 0.4) is 0 Å². The Balaban J connectivity index is 2.02. The first-order valence-electron chi connectivity index (χ1n) is 6.82. The maximum absolute atomic E-state index is 12.2. The Morgan fingerprint density at radius 3 is 3.11 bits per heavy atom. The van der Waals surface area contributed by atoms with E-state index in [9.17, 15) is 4.79 Å². The van der Waals surface area contributed by atoms with Gasteiger partial charge in [-0.2, -0.15) is 0 Å². The molecule has 2 unspecified atom stereocenters. The maximum atomic E-state index is 12.2. The van der Waals surface area contributed by atoms with E-state index in [-0.39, 0.29) is 17.8 Å². The summed E-state index contributed by atoms with van der Waals surface area (Å²) < 4.78 is 0.766. The van der Waals surface area contributed by atoms with Gasteiger partial charge in [0, 0.05) is 16.7 Å². The van der Waals surface area contributed by atoms with E-state index in [1.807, 2.05) is 0 Å². The van der Waals surface area contributed by atoms with Gasteiger partial charge in [0.1, 0.15) is 5.82 Å². The van der Waals surface area contributed by atoms with Gasteiger partial charge in [-0.05, 0) is 40.8 Å². The topological polar surface area (TPSA) is 68.0 Å². The van der Waals surface area contributed by atoms with Gasteiger partial charge in [-0.15, -0.1) is 0 Å². The minimum Gasteiger partial charge on any atom is -0.383 e. The van der Waals surface area contributed by atoms with E-state index in [0.717, 1.165) is 23.2 Å². The first-order valence-corrected chi connectivity index (χ1v) is 7.61. The molecule has 2 atom stereocenters. The summed E-state index contributed by atoms with van der Waals surface area (Å²) in [5, 5.41) is 3.09. The summed E-state index contributed by atoms with van der Waals surface area (Å²) in [6, 6.07) is 1.99. The standard InChI is InChI=1S/C14H20BrN3O/c1-2-9-4-3-5-11(6-9)18-14(19)12-7-10(15)8-17-13(12)16/h7-9,11H,2-6H2,1H3,(H2,16,17)(H,18,19). The fourth-order valence-electron chi connectivity index (χ4n) is 2.69. The molecule has 1 fully saturated rings. The zero-order valence-corrected chi connectivity index (χ0v) is 12.7. The second kappa shape index (κ2) is 6.37. The van der Waals surface area contributed by atoms with E-state index >= 15 is 0 Å². The first kappa shape index (κ1) is 14.3. The van der Waals surface area contributed by atoms with Crippen molar-refractivity contribution in [2.24, 2.45) is 5.92 Å². The van der Waals surface area contributed by atoms with Crippen LogP contribution in [0.2, 0.25) is 0 Å². The summed E-state index contributed by atoms with van der Waals surface area (Å²) in [7, 11) is 0. The van der Waals surface area contributed by atoms with Gasteiger partial charge in [0.15, 0.2) is 0 Å². The summed E-state index contributed by atoms with van der Waals surface area (Å²) in [6.45, 7) is 2.21. The average molecular weight is 326 g/mol. The van der Waals surface area contributed by atoms with E-state index < -0.39 is 0 Å². The molecule has 1 aromatic rings. The van der Waals surface area contributed by atoms with Crippen LogP contribution in [0.4, 0.5) is 5.82 Å². The highest BCUT2D eigenvalue weighted by Crippen LogP contribution is 2.27. The van der Waals surface area contributed by atoms with Gasteiger partial charge in [-0.25, -0.2) is 4.98 Å². The summed E-state index contributed by atoms with van der Waals surface area (Å²) in [4.78, 5) is 16.2. The molecule has 1 aliphatic rings. The monoisotopic (exact) mass is 325 g/mol. The zero-order valence-electron chi connectivity index (χ0n) is 11.2. The average Bonchev–Trinajstić information content (AvgIpc) is 2.41. The van der Waals surface area contributed by atoms with Crippen LogP contribution in [0.5, 0.6) is 0 Å². The number of pyridine rings is 1. The number of nitrogens with zero attached hydrogens (tertiary/aromatic N) is 1. The highest BCUT2D eigenvalue weighted by atomic mass is 79.9. The zero-order chi connectivity index (χ0) is 13.8. The molecule has 1 heterocycles. The molecule has 0 saturated heterocycles. The van der Waals surface area contributed by atoms with Gasteiger partial charge in [-0.3, -0.25) is 4.79 Å². The highest BCUT2D eigenvalue weighted by molar-refractivity contribution is 9.10. The van der Waals surface area contributed by atoms with Gasteiger partial charge in [0.25, 0.3) is 5.91 Å². The van der Waals surface area contributed by atoms with Crippen LogP contribution in [0.15, 0.2) is 16.7 Å². The molecule has 3 N–H and O–H groups in total. The predicted octanol–water partition coefficient (Wildman–Crippen LogP) is 3.12. The molecule has 1 amide bonds. The number of nitrogen functional groups attached to an aromatic ring is 1. The second-order valence-corrected chi connectivity index (χ2v) is 6.11. The minimum atomic E-state index is -0.118. The number of nitrogens with two attached hydrogens (primary N) is 1. The lowest BCUT2D eigenvalue weighted by atomic mass is 9.84. The lowest BCUT2D eigenvalue weighted by Crippen LogP contribution is -2.38. The molecular weight excluding hydrogens is 306 g/mol. The van der Waals surface area contributed by atoms with E-state index in [0.29, 0.717) is 5.56 Å². The molecular formula is C14H20BrN3O. The molecule has 4 nitrogen and oxygen atoms in total. The van der Waals surface area contributed by atoms with E-state index in [4.69, 9.17) is 5.73 Å². The van der Waals surface area contributed by atoms with E-state index in [2.05, 4.69) is 33.2 Å². The van der Waals surface area contributed by atoms with Gasteiger partial charge in [-0.1, -0.05) is 26.2 Å². The van der Waals surface area contributed by atoms with Crippen molar-refractivity contribution >= 4 is 27.7 Å². The number of rotatable bonds is 3. The van der Waals surface area contributed by atoms with Crippen molar-refractivity contribution in [3.05, 3.63) is 22.3 Å². The number of carbonyl (C=O) groups is 1. The maximum Gasteiger partial charge on any atom is 0.255 e. The number of amides is 1. The Morgan fingerprint density at radius 1 is 1.58 bits per heavy atom. The summed E-state index contributed by atoms with van der Waals surface area (Å²) in [6.07, 6.45) is 7.39. The third-order valence-electron chi connectivity index (χ3n) is 3.83. The lowest BCUT2D eigenvalue weighted by Gasteiger charge is -2.29. The van der Waals surface area contributed by atoms with Crippen LogP contribution in [0, 0.1) is 5.92 Å². The van der Waals surface area contributed by atoms with Crippen LogP contribution in [0.1, 0.15) is 49.4 Å². The molecule has 104 valence electrons. The Bertz CT molecular complexity index is 464. The van der Waals surface area contributed by atoms with E-state index in [1.165, 1.54) is 19.3 Å². The predicted molar refractivity (Wildman–Crippen MR) is 79.9 cm³/mol. The summed E-state index contributed by atoms with van der Waals surface area (Å²) >= 11 is 3.31. The quantitative estimate of drug-likeness (QED) is 0.897. The molecule has 1 aliphatic carbocycles. The van der Waals surface area contributed by atoms with Gasteiger partial charge in [0.05, 0.1) is 5.56 Å². The van der Waals surface area contributed by atoms with Crippen molar-refractivity contribution in [2.75, 3.05) is 5.73 Å². The van der Waals surface area contributed by atoms with Gasteiger partial charge in [0.2, 0.25) is 0 Å². The van der Waals surface area contributed by atoms with Crippen molar-refractivity contribution < 1.29 is 4.79 Å². The first-order chi connectivity index (χ1) is 9.10. The molecule has 0 aromatic carbocycles. The Hall–Kier alpha value is -1.10. The van der Waals surface area contributed by atoms with Gasteiger partial charge >= 0.3 is 0 Å². The van der Waals surface area contributed by atoms with Crippen molar-refractivity contribution in [1.82, 2.24) is 10.3 Å². The van der Waals surface area contributed by atoms with Crippen LogP contribution in [-0.4, -0.2) is 16.9 Å². The largest absolute Gasteiger partial charge is 0.383 e. The van der Waals surface area contributed by atoms with Crippen molar-refractivity contribution in [3.8, 4) is 0 Å². The SMILES string of the molecule is CCC1CCCC(NC(=O)c2cc(Br)cnc2N)C1. The lowest BCUT2D eigenvalue weighted by molar-refractivity contribution is 0.0919. The molecule has 0 aliphatic heterocycles. The smallest absolute Gasteiger partial charge is 0.255 e. The molecule has 19 heavy (non-hydrogen) atoms. The number of nitrogens with one attached hydrogen (secondary N) is 1. The summed E-state index contributed by atoms with van der Waals surface area (Å²) in [5.41, 5.74) is 6.21. The van der Waals surface area contributed by atoms with Crippen LogP contribution >= 0.6 is 15.9 Å². The number of carbonyl (C=O) groups excluding carboxylic acids is 1. The molecule has 0 spiro atoms. The number of anilines is 1. The molecule has 0 bridgehead atoms. The summed E-state index contributed by atoms with van der Waals surface area (Å²) in [5.74, 6) is 0.897. The Morgan fingerprint density at radius 2 is 2.37 bits per heavy atom. The van der Waals surface area contributed by atoms with Crippen LogP contribution < -0.4 is 11.1 Å². The fraction of sp³-hybridized carbons (Fsp3) is 0.571. The third kappa shape index (κ3) is 3.69. The number of aromatic nitrogens is 1. The van der Waals surface area contributed by atoms with Gasteiger partial charge < -0.3 is 11.1 Å². The normalized spacial score (nSPS) is 23.1. The minimum absolute atomic E-state index is 0.118. The highest BCUT2D eigenvalue weighted by Gasteiger charge is 2.23. The van der Waals surface area contributed by atoms with Crippen LogP contribution in [0.25, 0.3) is 0 Å². The molecule has 1 aromatic heterocycles. The van der Waals surface area contributed by atoms with E-state index in [1.54, 1.807) is 12.3 Å². The Labute approximate surface area is 122 Å². The molecule has 1 saturated carbocycles. The number of halogens is 1. The fourth-order valence-corrected chi connectivity index (χ4v) is 3.02. The number of hydrogen-bond acceptors (Lipinski definition) is 3. The number of hydrogen-bond donors (Lipinski definition) is 2. The van der Waals surface area contributed by atoms with Crippen molar-refractivity contribution in [1.29, 1.82) is 0 Å². The molecule has 5 heteroatoms. The Kier molecular flexibility index (Phi) is 4.80. The molecule has 2 rings (SSSR count). The van der Waals surface area contributed by atoms with Crippen LogP contribution in [-0.2, 0) is 0 Å². The third-order valence-corrected chi connectivity index (χ3v) is 4.26. The van der Waals surface area contributed by atoms with Crippen molar-refractivity contribution in [3.63, 3.8) is 0 Å². The van der Waals surface area contributed by atoms with Crippen molar-refractivity contribution in [2.45, 2.75) is 45.1 Å². The molecule has 0 radical (unpaired) electrons.